The summed E-state index contributed by atoms with van der Waals surface area (Å²) in [6.45, 7) is 0.240. The van der Waals surface area contributed by atoms with Crippen LogP contribution in [0.3, 0.4) is 0 Å². The zero-order chi connectivity index (χ0) is 21.8. The number of nitrogens with zero attached hydrogens (tertiary/aromatic N) is 1. The second kappa shape index (κ2) is 8.94. The largest absolute Gasteiger partial charge is 0.345 e. The van der Waals surface area contributed by atoms with Crippen LogP contribution in [0.5, 0.6) is 0 Å². The minimum atomic E-state index is -3.47. The van der Waals surface area contributed by atoms with Gasteiger partial charge in [-0.2, -0.15) is 0 Å². The standard InChI is InChI=1S/C25H26N2O3S/c1-31(29,30)27(18-19-8-3-2-4-9-19)22-16-14-21(15-17-22)25(28)26-24-13-7-11-20-10-5-6-12-23(20)24/h2-6,8-10,12,14-17,24H,7,11,13,18H2,1H3,(H,26,28)/t24-/m0/s1. The van der Waals surface area contributed by atoms with Crippen LogP contribution in [0.1, 0.15) is 45.9 Å². The van der Waals surface area contributed by atoms with E-state index in [0.717, 1.165) is 24.8 Å². The van der Waals surface area contributed by atoms with Crippen molar-refractivity contribution in [3.63, 3.8) is 0 Å². The van der Waals surface area contributed by atoms with Gasteiger partial charge >= 0.3 is 0 Å². The molecule has 0 bridgehead atoms. The van der Waals surface area contributed by atoms with E-state index in [-0.39, 0.29) is 18.5 Å². The number of amides is 1. The van der Waals surface area contributed by atoms with E-state index in [1.165, 1.54) is 21.7 Å². The maximum atomic E-state index is 12.8. The topological polar surface area (TPSA) is 66.5 Å². The van der Waals surface area contributed by atoms with E-state index in [1.54, 1.807) is 24.3 Å². The van der Waals surface area contributed by atoms with Gasteiger partial charge in [-0.15, -0.1) is 0 Å². The molecule has 31 heavy (non-hydrogen) atoms. The first-order chi connectivity index (χ1) is 14.9. The Balaban J connectivity index is 1.51. The molecule has 1 N–H and O–H groups in total. The normalized spacial score (nSPS) is 15.7. The molecule has 0 fully saturated rings. The highest BCUT2D eigenvalue weighted by Gasteiger charge is 2.22. The van der Waals surface area contributed by atoms with Crippen LogP contribution in [0.25, 0.3) is 0 Å². The smallest absolute Gasteiger partial charge is 0.251 e. The number of benzene rings is 3. The molecule has 1 atom stereocenters. The van der Waals surface area contributed by atoms with Gasteiger partial charge in [0.1, 0.15) is 0 Å². The minimum absolute atomic E-state index is 0.00252. The van der Waals surface area contributed by atoms with E-state index >= 15 is 0 Å². The van der Waals surface area contributed by atoms with E-state index in [4.69, 9.17) is 0 Å². The molecule has 1 aliphatic carbocycles. The fourth-order valence-corrected chi connectivity index (χ4v) is 4.96. The Kier molecular flexibility index (Phi) is 6.09. The molecule has 1 amide bonds. The lowest BCUT2D eigenvalue weighted by Crippen LogP contribution is -2.31. The summed E-state index contributed by atoms with van der Waals surface area (Å²) in [5, 5.41) is 3.14. The number of nitrogens with one attached hydrogen (secondary N) is 1. The van der Waals surface area contributed by atoms with Crippen molar-refractivity contribution in [1.29, 1.82) is 0 Å². The minimum Gasteiger partial charge on any atom is -0.345 e. The molecular weight excluding hydrogens is 408 g/mol. The second-order valence-electron chi connectivity index (χ2n) is 7.92. The molecule has 0 unspecified atom stereocenters. The predicted molar refractivity (Wildman–Crippen MR) is 123 cm³/mol. The first-order valence-electron chi connectivity index (χ1n) is 10.4. The van der Waals surface area contributed by atoms with Gasteiger partial charge in [-0.3, -0.25) is 9.10 Å². The first kappa shape index (κ1) is 21.1. The quantitative estimate of drug-likeness (QED) is 0.623. The number of sulfonamides is 1. The molecular formula is C25H26N2O3S. The maximum absolute atomic E-state index is 12.8. The third-order valence-corrected chi connectivity index (χ3v) is 6.80. The number of hydrogen-bond donors (Lipinski definition) is 1. The Labute approximate surface area is 183 Å². The molecule has 4 rings (SSSR count). The molecule has 0 radical (unpaired) electrons. The Bertz CT molecular complexity index is 1160. The van der Waals surface area contributed by atoms with E-state index in [1.807, 2.05) is 42.5 Å². The Morgan fingerprint density at radius 2 is 1.65 bits per heavy atom. The van der Waals surface area contributed by atoms with Gasteiger partial charge in [0.05, 0.1) is 24.5 Å². The van der Waals surface area contributed by atoms with Crippen molar-refractivity contribution in [2.75, 3.05) is 10.6 Å². The number of hydrogen-bond acceptors (Lipinski definition) is 3. The van der Waals surface area contributed by atoms with Crippen molar-refractivity contribution in [3.8, 4) is 0 Å². The molecule has 5 nitrogen and oxygen atoms in total. The van der Waals surface area contributed by atoms with Crippen LogP contribution in [0.2, 0.25) is 0 Å². The second-order valence-corrected chi connectivity index (χ2v) is 9.83. The van der Waals surface area contributed by atoms with Gasteiger partial charge in [0.25, 0.3) is 5.91 Å². The fraction of sp³-hybridized carbons (Fsp3) is 0.240. The van der Waals surface area contributed by atoms with Crippen LogP contribution < -0.4 is 9.62 Å². The predicted octanol–water partition coefficient (Wildman–Crippen LogP) is 4.46. The van der Waals surface area contributed by atoms with Crippen molar-refractivity contribution in [1.82, 2.24) is 5.32 Å². The summed E-state index contributed by atoms with van der Waals surface area (Å²) in [5.41, 5.74) is 4.42. The maximum Gasteiger partial charge on any atom is 0.251 e. The van der Waals surface area contributed by atoms with E-state index in [2.05, 4.69) is 17.4 Å². The number of rotatable bonds is 6. The Morgan fingerprint density at radius 3 is 2.35 bits per heavy atom. The first-order valence-corrected chi connectivity index (χ1v) is 12.3. The highest BCUT2D eigenvalue weighted by atomic mass is 32.2. The molecule has 3 aromatic carbocycles. The number of aryl methyl sites for hydroxylation is 1. The summed E-state index contributed by atoms with van der Waals surface area (Å²) >= 11 is 0. The highest BCUT2D eigenvalue weighted by molar-refractivity contribution is 7.92. The lowest BCUT2D eigenvalue weighted by atomic mass is 9.87. The van der Waals surface area contributed by atoms with Gasteiger partial charge in [0.2, 0.25) is 10.0 Å². The monoisotopic (exact) mass is 434 g/mol. The van der Waals surface area contributed by atoms with Crippen molar-refractivity contribution in [3.05, 3.63) is 101 Å². The fourth-order valence-electron chi connectivity index (χ4n) is 4.07. The summed E-state index contributed by atoms with van der Waals surface area (Å²) in [4.78, 5) is 12.8. The number of anilines is 1. The van der Waals surface area contributed by atoms with Gasteiger partial charge in [-0.25, -0.2) is 8.42 Å². The molecule has 6 heteroatoms. The average Bonchev–Trinajstić information content (AvgIpc) is 2.78. The average molecular weight is 435 g/mol. The molecule has 0 aliphatic heterocycles. The molecule has 160 valence electrons. The molecule has 0 aromatic heterocycles. The van der Waals surface area contributed by atoms with Crippen molar-refractivity contribution in [2.45, 2.75) is 31.8 Å². The molecule has 0 spiro atoms. The number of carbonyl (C=O) groups is 1. The van der Waals surface area contributed by atoms with Gasteiger partial charge in [0.15, 0.2) is 0 Å². The summed E-state index contributed by atoms with van der Waals surface area (Å²) in [6, 6.07) is 24.4. The summed E-state index contributed by atoms with van der Waals surface area (Å²) in [5.74, 6) is -0.151. The van der Waals surface area contributed by atoms with Gasteiger partial charge in [0, 0.05) is 5.56 Å². The van der Waals surface area contributed by atoms with Gasteiger partial charge in [-0.1, -0.05) is 54.6 Å². The molecule has 1 aliphatic rings. The van der Waals surface area contributed by atoms with Crippen LogP contribution in [-0.2, 0) is 23.0 Å². The Morgan fingerprint density at radius 1 is 0.968 bits per heavy atom. The van der Waals surface area contributed by atoms with Crippen molar-refractivity contribution in [2.24, 2.45) is 0 Å². The zero-order valence-electron chi connectivity index (χ0n) is 17.5. The van der Waals surface area contributed by atoms with Crippen LogP contribution in [0.15, 0.2) is 78.9 Å². The third kappa shape index (κ3) is 4.97. The number of fused-ring (bicyclic) bond motifs is 1. The lowest BCUT2D eigenvalue weighted by Gasteiger charge is -2.26. The molecule has 0 saturated carbocycles. The summed E-state index contributed by atoms with van der Waals surface area (Å²) in [6.07, 6.45) is 4.19. The molecule has 0 heterocycles. The van der Waals surface area contributed by atoms with E-state index in [9.17, 15) is 13.2 Å². The SMILES string of the molecule is CS(=O)(=O)N(Cc1ccccc1)c1ccc(C(=O)N[C@H]2CCCc3ccccc32)cc1. The van der Waals surface area contributed by atoms with E-state index in [0.29, 0.717) is 11.3 Å². The van der Waals surface area contributed by atoms with Crippen molar-refractivity contribution < 1.29 is 13.2 Å². The van der Waals surface area contributed by atoms with E-state index < -0.39 is 10.0 Å². The molecule has 3 aromatic rings. The highest BCUT2D eigenvalue weighted by Crippen LogP contribution is 2.30. The van der Waals surface area contributed by atoms with Crippen LogP contribution in [-0.4, -0.2) is 20.6 Å². The van der Waals surface area contributed by atoms with Gasteiger partial charge in [-0.05, 0) is 60.2 Å². The summed E-state index contributed by atoms with van der Waals surface area (Å²) in [7, 11) is -3.47. The lowest BCUT2D eigenvalue weighted by molar-refractivity contribution is 0.0932. The van der Waals surface area contributed by atoms with Crippen molar-refractivity contribution >= 4 is 21.6 Å². The number of carbonyl (C=O) groups excluding carboxylic acids is 1. The van der Waals surface area contributed by atoms with Crippen LogP contribution in [0.4, 0.5) is 5.69 Å². The zero-order valence-corrected chi connectivity index (χ0v) is 18.3. The van der Waals surface area contributed by atoms with Crippen LogP contribution in [0, 0.1) is 0 Å². The Hall–Kier alpha value is -3.12. The third-order valence-electron chi connectivity index (χ3n) is 5.66. The van der Waals surface area contributed by atoms with Crippen LogP contribution >= 0.6 is 0 Å². The molecule has 0 saturated heterocycles. The van der Waals surface area contributed by atoms with Gasteiger partial charge < -0.3 is 5.32 Å². The summed E-state index contributed by atoms with van der Waals surface area (Å²) < 4.78 is 26.1.